The van der Waals surface area contributed by atoms with Crippen molar-refractivity contribution in [2.45, 2.75) is 30.1 Å². The van der Waals surface area contributed by atoms with Gasteiger partial charge in [0.1, 0.15) is 0 Å². The van der Waals surface area contributed by atoms with Crippen molar-refractivity contribution in [2.24, 2.45) is 0 Å². The van der Waals surface area contributed by atoms with E-state index < -0.39 is 9.84 Å². The molecular weight excluding hydrogens is 372 g/mol. The second kappa shape index (κ2) is 7.95. The molecule has 1 fully saturated rings. The number of fused-ring (bicyclic) bond motifs is 1. The Morgan fingerprint density at radius 1 is 0.929 bits per heavy atom. The predicted molar refractivity (Wildman–Crippen MR) is 110 cm³/mol. The first-order valence-electron chi connectivity index (χ1n) is 9.94. The zero-order valence-electron chi connectivity index (χ0n) is 16.0. The van der Waals surface area contributed by atoms with Gasteiger partial charge in [0.05, 0.1) is 10.6 Å². The molecule has 2 aromatic rings. The summed E-state index contributed by atoms with van der Waals surface area (Å²) in [6.07, 6.45) is 2.55. The highest BCUT2D eigenvalue weighted by Crippen LogP contribution is 2.38. The van der Waals surface area contributed by atoms with E-state index in [1.807, 2.05) is 23.1 Å². The van der Waals surface area contributed by atoms with Crippen LogP contribution >= 0.6 is 0 Å². The van der Waals surface area contributed by atoms with Gasteiger partial charge >= 0.3 is 0 Å². The smallest absolute Gasteiger partial charge is 0.222 e. The number of likely N-dealkylation sites (tertiary alicyclic amines) is 1. The Labute approximate surface area is 166 Å². The van der Waals surface area contributed by atoms with Crippen molar-refractivity contribution < 1.29 is 13.2 Å². The Kier molecular flexibility index (Phi) is 5.40. The molecule has 0 saturated carbocycles. The molecule has 1 atom stereocenters. The van der Waals surface area contributed by atoms with Crippen LogP contribution in [-0.4, -0.2) is 51.2 Å². The van der Waals surface area contributed by atoms with E-state index in [1.54, 1.807) is 24.3 Å². The van der Waals surface area contributed by atoms with Crippen LogP contribution in [0.15, 0.2) is 59.5 Å². The van der Waals surface area contributed by atoms with Crippen molar-refractivity contribution in [1.82, 2.24) is 4.90 Å². The Balaban J connectivity index is 1.43. The van der Waals surface area contributed by atoms with E-state index in [2.05, 4.69) is 17.0 Å². The van der Waals surface area contributed by atoms with Crippen LogP contribution in [0.2, 0.25) is 0 Å². The van der Waals surface area contributed by atoms with Gasteiger partial charge in [-0.2, -0.15) is 0 Å². The number of carbonyl (C=O) groups excluding carboxylic acids is 1. The topological polar surface area (TPSA) is 57.7 Å². The van der Waals surface area contributed by atoms with Crippen molar-refractivity contribution in [1.29, 1.82) is 0 Å². The molecule has 2 heterocycles. The lowest BCUT2D eigenvalue weighted by molar-refractivity contribution is -0.127. The second-order valence-corrected chi connectivity index (χ2v) is 9.72. The average Bonchev–Trinajstić information content (AvgIpc) is 3.29. The van der Waals surface area contributed by atoms with Crippen LogP contribution in [0.3, 0.4) is 0 Å². The predicted octanol–water partition coefficient (Wildman–Crippen LogP) is 3.08. The number of amides is 1. The van der Waals surface area contributed by atoms with E-state index in [0.29, 0.717) is 23.8 Å². The molecule has 0 radical (unpaired) electrons. The van der Waals surface area contributed by atoms with Crippen LogP contribution in [0.4, 0.5) is 5.69 Å². The third-order valence-corrected chi connectivity index (χ3v) is 7.52. The van der Waals surface area contributed by atoms with Crippen molar-refractivity contribution in [3.05, 3.63) is 60.2 Å². The normalized spacial score (nSPS) is 19.3. The van der Waals surface area contributed by atoms with Gasteiger partial charge < -0.3 is 9.80 Å². The van der Waals surface area contributed by atoms with Gasteiger partial charge in [0, 0.05) is 44.2 Å². The lowest BCUT2D eigenvalue weighted by Gasteiger charge is -2.21. The summed E-state index contributed by atoms with van der Waals surface area (Å²) in [6.45, 7) is 2.94. The van der Waals surface area contributed by atoms with Gasteiger partial charge in [-0.05, 0) is 36.6 Å². The summed E-state index contributed by atoms with van der Waals surface area (Å²) in [4.78, 5) is 16.4. The number of sulfone groups is 1. The Hall–Kier alpha value is -2.34. The molecule has 0 bridgehead atoms. The van der Waals surface area contributed by atoms with Crippen LogP contribution in [0, 0.1) is 0 Å². The second-order valence-electron chi connectivity index (χ2n) is 7.61. The molecule has 0 N–H and O–H groups in total. The van der Waals surface area contributed by atoms with E-state index >= 15 is 0 Å². The fraction of sp³-hybridized carbons (Fsp3) is 0.409. The van der Waals surface area contributed by atoms with Crippen molar-refractivity contribution in [2.75, 3.05) is 36.8 Å². The van der Waals surface area contributed by atoms with E-state index in [1.165, 1.54) is 5.56 Å². The minimum atomic E-state index is -3.29. The minimum Gasteiger partial charge on any atom is -0.370 e. The van der Waals surface area contributed by atoms with Gasteiger partial charge in [0.25, 0.3) is 0 Å². The molecule has 28 heavy (non-hydrogen) atoms. The molecule has 2 aliphatic rings. The maximum Gasteiger partial charge on any atom is 0.222 e. The van der Waals surface area contributed by atoms with Gasteiger partial charge in [-0.3, -0.25) is 4.79 Å². The van der Waals surface area contributed by atoms with Gasteiger partial charge in [-0.15, -0.1) is 0 Å². The van der Waals surface area contributed by atoms with Crippen molar-refractivity contribution >= 4 is 21.4 Å². The highest BCUT2D eigenvalue weighted by molar-refractivity contribution is 7.91. The minimum absolute atomic E-state index is 0.0999. The largest absolute Gasteiger partial charge is 0.370 e. The Morgan fingerprint density at radius 3 is 2.43 bits per heavy atom. The first-order chi connectivity index (χ1) is 13.5. The van der Waals surface area contributed by atoms with E-state index in [4.69, 9.17) is 0 Å². The lowest BCUT2D eigenvalue weighted by Crippen LogP contribution is -2.30. The summed E-state index contributed by atoms with van der Waals surface area (Å²) in [7, 11) is -3.29. The van der Waals surface area contributed by atoms with Gasteiger partial charge in [0.2, 0.25) is 5.91 Å². The van der Waals surface area contributed by atoms with Gasteiger partial charge in [-0.25, -0.2) is 8.42 Å². The summed E-state index contributed by atoms with van der Waals surface area (Å²) in [6, 6.07) is 16.9. The van der Waals surface area contributed by atoms with E-state index in [-0.39, 0.29) is 11.7 Å². The van der Waals surface area contributed by atoms with Crippen molar-refractivity contribution in [3.63, 3.8) is 0 Å². The fourth-order valence-corrected chi connectivity index (χ4v) is 5.54. The quantitative estimate of drug-likeness (QED) is 0.719. The summed E-state index contributed by atoms with van der Waals surface area (Å²) in [5.41, 5.74) is 2.40. The van der Waals surface area contributed by atoms with Gasteiger partial charge in [0.15, 0.2) is 9.84 Å². The van der Waals surface area contributed by atoms with Crippen LogP contribution in [0.1, 0.15) is 30.7 Å². The molecular formula is C22H26N2O3S. The first-order valence-corrected chi connectivity index (χ1v) is 11.6. The zero-order chi connectivity index (χ0) is 19.6. The monoisotopic (exact) mass is 398 g/mol. The lowest BCUT2D eigenvalue weighted by atomic mass is 9.98. The molecule has 0 spiro atoms. The standard InChI is InChI=1S/C22H26N2O3S/c25-22-11-6-13-23(22)14-12-18-17-24(21-10-5-4-9-20(18)21)15-16-28(26,27)19-7-2-1-3-8-19/h1-5,7-10,18H,6,11-17H2. The van der Waals surface area contributed by atoms with Crippen molar-refractivity contribution in [3.8, 4) is 0 Å². The number of nitrogens with zero attached hydrogens (tertiary/aromatic N) is 2. The number of benzene rings is 2. The number of rotatable bonds is 7. The summed E-state index contributed by atoms with van der Waals surface area (Å²) < 4.78 is 25.3. The molecule has 2 aromatic carbocycles. The zero-order valence-corrected chi connectivity index (χ0v) is 16.8. The SMILES string of the molecule is O=C1CCCN1CCC1CN(CCS(=O)(=O)c2ccccc2)c2ccccc21. The van der Waals surface area contributed by atoms with Gasteiger partial charge in [-0.1, -0.05) is 36.4 Å². The van der Waals surface area contributed by atoms with Crippen LogP contribution < -0.4 is 4.90 Å². The van der Waals surface area contributed by atoms with E-state index in [9.17, 15) is 13.2 Å². The molecule has 0 aliphatic carbocycles. The average molecular weight is 399 g/mol. The molecule has 0 aromatic heterocycles. The third-order valence-electron chi connectivity index (χ3n) is 5.81. The molecule has 4 rings (SSSR count). The fourth-order valence-electron chi connectivity index (χ4n) is 4.27. The number of para-hydroxylation sites is 1. The molecule has 5 nitrogen and oxygen atoms in total. The maximum atomic E-state index is 12.6. The molecule has 1 amide bonds. The van der Waals surface area contributed by atoms with Crippen LogP contribution in [-0.2, 0) is 14.6 Å². The Morgan fingerprint density at radius 2 is 1.68 bits per heavy atom. The highest BCUT2D eigenvalue weighted by atomic mass is 32.2. The summed E-state index contributed by atoms with van der Waals surface area (Å²) in [5, 5.41) is 0. The molecule has 1 unspecified atom stereocenters. The number of hydrogen-bond acceptors (Lipinski definition) is 4. The molecule has 6 heteroatoms. The molecule has 2 aliphatic heterocycles. The van der Waals surface area contributed by atoms with Crippen LogP contribution in [0.25, 0.3) is 0 Å². The Bertz CT molecular complexity index is 943. The van der Waals surface area contributed by atoms with Crippen LogP contribution in [0.5, 0.6) is 0 Å². The summed E-state index contributed by atoms with van der Waals surface area (Å²) in [5.74, 6) is 0.698. The number of hydrogen-bond donors (Lipinski definition) is 0. The molecule has 1 saturated heterocycles. The first kappa shape index (κ1) is 19.0. The molecule has 148 valence electrons. The number of anilines is 1. The van der Waals surface area contributed by atoms with E-state index in [0.717, 1.165) is 38.2 Å². The highest BCUT2D eigenvalue weighted by Gasteiger charge is 2.30. The third kappa shape index (κ3) is 3.92. The summed E-state index contributed by atoms with van der Waals surface area (Å²) >= 11 is 0. The maximum absolute atomic E-state index is 12.6. The number of carbonyl (C=O) groups is 1.